The third-order valence-corrected chi connectivity index (χ3v) is 5.65. The number of methoxy groups -OCH3 is 1. The van der Waals surface area contributed by atoms with Crippen LogP contribution in [0.25, 0.3) is 0 Å². The van der Waals surface area contributed by atoms with Gasteiger partial charge in [-0.1, -0.05) is 13.0 Å². The first-order valence-corrected chi connectivity index (χ1v) is 10.9. The van der Waals surface area contributed by atoms with Crippen molar-refractivity contribution in [2.45, 2.75) is 19.4 Å². The fourth-order valence-electron chi connectivity index (χ4n) is 3.09. The van der Waals surface area contributed by atoms with Gasteiger partial charge in [0.15, 0.2) is 0 Å². The minimum atomic E-state index is -3.65. The van der Waals surface area contributed by atoms with Gasteiger partial charge in [0.2, 0.25) is 15.9 Å². The van der Waals surface area contributed by atoms with Crippen molar-refractivity contribution in [3.05, 3.63) is 24.3 Å². The van der Waals surface area contributed by atoms with E-state index in [9.17, 15) is 13.2 Å². The summed E-state index contributed by atoms with van der Waals surface area (Å²) in [5.74, 6) is 0.225. The van der Waals surface area contributed by atoms with E-state index < -0.39 is 16.1 Å². The van der Waals surface area contributed by atoms with E-state index in [1.807, 2.05) is 0 Å². The molecule has 1 amide bonds. The fraction of sp³-hybridized carbons (Fsp3) is 0.611. The average Bonchev–Trinajstić information content (AvgIpc) is 2.65. The topological polar surface area (TPSA) is 88.2 Å². The summed E-state index contributed by atoms with van der Waals surface area (Å²) in [4.78, 5) is 14.9. The molecule has 0 radical (unpaired) electrons. The van der Waals surface area contributed by atoms with Gasteiger partial charge in [0, 0.05) is 32.2 Å². The molecule has 9 heteroatoms. The molecule has 1 aromatic rings. The standard InChI is InChI=1S/C18H29N3O5S/c1-4-17(18(22)19-8-9-20-10-12-26-13-11-20)21(27(3,23)24)15-6-5-7-16(14-15)25-2/h5-7,14,17H,4,8-13H2,1-3H3,(H,19,22)/t17-/m1/s1. The number of sulfonamides is 1. The summed E-state index contributed by atoms with van der Waals surface area (Å²) in [5.41, 5.74) is 0.409. The van der Waals surface area contributed by atoms with E-state index in [1.165, 1.54) is 11.4 Å². The number of rotatable bonds is 9. The number of nitrogens with one attached hydrogen (secondary N) is 1. The van der Waals surface area contributed by atoms with Crippen LogP contribution in [0.15, 0.2) is 24.3 Å². The first-order chi connectivity index (χ1) is 12.9. The number of ether oxygens (including phenoxy) is 2. The van der Waals surface area contributed by atoms with Crippen molar-refractivity contribution < 1.29 is 22.7 Å². The molecule has 0 unspecified atom stereocenters. The first kappa shape index (κ1) is 21.5. The number of carbonyl (C=O) groups excluding carboxylic acids is 1. The highest BCUT2D eigenvalue weighted by molar-refractivity contribution is 7.92. The van der Waals surface area contributed by atoms with E-state index >= 15 is 0 Å². The van der Waals surface area contributed by atoms with Crippen molar-refractivity contribution >= 4 is 21.6 Å². The van der Waals surface area contributed by atoms with Gasteiger partial charge in [0.1, 0.15) is 11.8 Å². The zero-order valence-electron chi connectivity index (χ0n) is 16.2. The van der Waals surface area contributed by atoms with Crippen LogP contribution in [-0.2, 0) is 19.6 Å². The number of hydrogen-bond donors (Lipinski definition) is 1. The normalized spacial score (nSPS) is 16.6. The average molecular weight is 400 g/mol. The zero-order chi connectivity index (χ0) is 19.9. The molecule has 0 aromatic heterocycles. The summed E-state index contributed by atoms with van der Waals surface area (Å²) >= 11 is 0. The van der Waals surface area contributed by atoms with Crippen molar-refractivity contribution in [2.75, 3.05) is 57.1 Å². The van der Waals surface area contributed by atoms with Gasteiger partial charge in [-0.2, -0.15) is 0 Å². The van der Waals surface area contributed by atoms with Gasteiger partial charge in [0.25, 0.3) is 0 Å². The number of amides is 1. The second-order valence-corrected chi connectivity index (χ2v) is 8.29. The Morgan fingerprint density at radius 2 is 2.07 bits per heavy atom. The van der Waals surface area contributed by atoms with E-state index in [1.54, 1.807) is 31.2 Å². The third kappa shape index (κ3) is 6.08. The molecule has 0 saturated carbocycles. The lowest BCUT2D eigenvalue weighted by Crippen LogP contribution is -2.50. The summed E-state index contributed by atoms with van der Waals surface area (Å²) in [6.07, 6.45) is 1.46. The Balaban J connectivity index is 2.10. The maximum Gasteiger partial charge on any atom is 0.243 e. The smallest absolute Gasteiger partial charge is 0.243 e. The van der Waals surface area contributed by atoms with Crippen LogP contribution in [-0.4, -0.2) is 78.0 Å². The Hall–Kier alpha value is -1.84. The molecular formula is C18H29N3O5S. The highest BCUT2D eigenvalue weighted by Gasteiger charge is 2.31. The molecule has 1 aromatic carbocycles. The second-order valence-electron chi connectivity index (χ2n) is 6.43. The Labute approximate surface area is 161 Å². The number of morpholine rings is 1. The van der Waals surface area contributed by atoms with Crippen LogP contribution in [0.2, 0.25) is 0 Å². The van der Waals surface area contributed by atoms with Crippen LogP contribution in [0.1, 0.15) is 13.3 Å². The van der Waals surface area contributed by atoms with E-state index in [-0.39, 0.29) is 5.91 Å². The molecular weight excluding hydrogens is 370 g/mol. The minimum absolute atomic E-state index is 0.306. The minimum Gasteiger partial charge on any atom is -0.497 e. The molecule has 2 rings (SSSR count). The van der Waals surface area contributed by atoms with E-state index in [0.717, 1.165) is 19.3 Å². The Morgan fingerprint density at radius 3 is 2.67 bits per heavy atom. The Morgan fingerprint density at radius 1 is 1.37 bits per heavy atom. The van der Waals surface area contributed by atoms with Crippen LogP contribution in [0.4, 0.5) is 5.69 Å². The molecule has 27 heavy (non-hydrogen) atoms. The van der Waals surface area contributed by atoms with Crippen LogP contribution in [0, 0.1) is 0 Å². The second kappa shape index (κ2) is 9.91. The SMILES string of the molecule is CC[C@H](C(=O)NCCN1CCOCC1)N(c1cccc(OC)c1)S(C)(=O)=O. The van der Waals surface area contributed by atoms with Crippen molar-refractivity contribution in [3.8, 4) is 5.75 Å². The molecule has 8 nitrogen and oxygen atoms in total. The molecule has 152 valence electrons. The number of carbonyl (C=O) groups is 1. The summed E-state index contributed by atoms with van der Waals surface area (Å²) in [6.45, 7) is 6.05. The Bertz CT molecular complexity index is 719. The molecule has 1 aliphatic heterocycles. The molecule has 1 saturated heterocycles. The quantitative estimate of drug-likeness (QED) is 0.657. The summed E-state index contributed by atoms with van der Waals surface area (Å²) in [7, 11) is -2.14. The number of benzene rings is 1. The lowest BCUT2D eigenvalue weighted by Gasteiger charge is -2.31. The monoisotopic (exact) mass is 399 g/mol. The van der Waals surface area contributed by atoms with E-state index in [4.69, 9.17) is 9.47 Å². The predicted molar refractivity (Wildman–Crippen MR) is 105 cm³/mol. The first-order valence-electron chi connectivity index (χ1n) is 9.08. The largest absolute Gasteiger partial charge is 0.497 e. The van der Waals surface area contributed by atoms with E-state index in [0.29, 0.717) is 44.2 Å². The van der Waals surface area contributed by atoms with Crippen molar-refractivity contribution in [2.24, 2.45) is 0 Å². The van der Waals surface area contributed by atoms with Gasteiger partial charge in [-0.25, -0.2) is 8.42 Å². The molecule has 1 aliphatic rings. The van der Waals surface area contributed by atoms with E-state index in [2.05, 4.69) is 10.2 Å². The van der Waals surface area contributed by atoms with Gasteiger partial charge in [-0.15, -0.1) is 0 Å². The van der Waals surface area contributed by atoms with Gasteiger partial charge in [0.05, 0.1) is 32.3 Å². The molecule has 0 aliphatic carbocycles. The highest BCUT2D eigenvalue weighted by atomic mass is 32.2. The lowest BCUT2D eigenvalue weighted by molar-refractivity contribution is -0.122. The van der Waals surface area contributed by atoms with Crippen LogP contribution in [0.5, 0.6) is 5.75 Å². The predicted octanol–water partition coefficient (Wildman–Crippen LogP) is 0.688. The zero-order valence-corrected chi connectivity index (χ0v) is 17.0. The number of anilines is 1. The fourth-order valence-corrected chi connectivity index (χ4v) is 4.29. The van der Waals surface area contributed by atoms with Crippen molar-refractivity contribution in [3.63, 3.8) is 0 Å². The molecule has 1 heterocycles. The Kier molecular flexibility index (Phi) is 7.88. The molecule has 0 spiro atoms. The van der Waals surface area contributed by atoms with Crippen LogP contribution < -0.4 is 14.4 Å². The molecule has 1 atom stereocenters. The summed E-state index contributed by atoms with van der Waals surface area (Å²) < 4.78 is 36.5. The lowest BCUT2D eigenvalue weighted by atomic mass is 10.2. The van der Waals surface area contributed by atoms with Crippen molar-refractivity contribution in [1.82, 2.24) is 10.2 Å². The van der Waals surface area contributed by atoms with Crippen LogP contribution in [0.3, 0.4) is 0 Å². The molecule has 1 N–H and O–H groups in total. The van der Waals surface area contributed by atoms with Gasteiger partial charge < -0.3 is 14.8 Å². The maximum atomic E-state index is 12.7. The molecule has 0 bridgehead atoms. The molecule has 1 fully saturated rings. The van der Waals surface area contributed by atoms with Gasteiger partial charge >= 0.3 is 0 Å². The van der Waals surface area contributed by atoms with Crippen LogP contribution >= 0.6 is 0 Å². The highest BCUT2D eigenvalue weighted by Crippen LogP contribution is 2.26. The van der Waals surface area contributed by atoms with Gasteiger partial charge in [-0.3, -0.25) is 14.0 Å². The number of hydrogen-bond acceptors (Lipinski definition) is 6. The number of nitrogens with zero attached hydrogens (tertiary/aromatic N) is 2. The maximum absolute atomic E-state index is 12.7. The van der Waals surface area contributed by atoms with Crippen molar-refractivity contribution in [1.29, 1.82) is 0 Å². The summed E-state index contributed by atoms with van der Waals surface area (Å²) in [5, 5.41) is 2.87. The van der Waals surface area contributed by atoms with Gasteiger partial charge in [-0.05, 0) is 18.6 Å². The summed E-state index contributed by atoms with van der Waals surface area (Å²) in [6, 6.07) is 5.89. The third-order valence-electron chi connectivity index (χ3n) is 4.47.